The molecule has 2 atom stereocenters. The highest BCUT2D eigenvalue weighted by Gasteiger charge is 2.35. The van der Waals surface area contributed by atoms with Gasteiger partial charge in [-0.05, 0) is 26.2 Å². The summed E-state index contributed by atoms with van der Waals surface area (Å²) in [6.07, 6.45) is 7.55. The maximum atomic E-state index is 12.1. The van der Waals surface area contributed by atoms with Crippen molar-refractivity contribution < 1.29 is 9.53 Å². The predicted molar refractivity (Wildman–Crippen MR) is 71.2 cm³/mol. The van der Waals surface area contributed by atoms with Crippen molar-refractivity contribution >= 4 is 5.91 Å². The lowest BCUT2D eigenvalue weighted by molar-refractivity contribution is -0.131. The molecular formula is C14H26N2O2. The molecule has 2 aliphatic rings. The SMILES string of the molecule is CCCC1NC(C)N(CCOC2CCCC2)C1=O. The average Bonchev–Trinajstić information content (AvgIpc) is 2.93. The monoisotopic (exact) mass is 254 g/mol. The molecule has 4 nitrogen and oxygen atoms in total. The van der Waals surface area contributed by atoms with E-state index in [0.29, 0.717) is 12.7 Å². The van der Waals surface area contributed by atoms with Crippen LogP contribution < -0.4 is 5.32 Å². The first kappa shape index (κ1) is 13.8. The fraction of sp³-hybridized carbons (Fsp3) is 0.929. The minimum absolute atomic E-state index is 0.0245. The second kappa shape index (κ2) is 6.53. The van der Waals surface area contributed by atoms with E-state index in [1.165, 1.54) is 25.7 Å². The number of hydrogen-bond donors (Lipinski definition) is 1. The third kappa shape index (κ3) is 3.23. The van der Waals surface area contributed by atoms with Gasteiger partial charge in [0.2, 0.25) is 5.91 Å². The van der Waals surface area contributed by atoms with Crippen LogP contribution in [0.3, 0.4) is 0 Å². The second-order valence-electron chi connectivity index (χ2n) is 5.49. The molecule has 2 rings (SSSR count). The van der Waals surface area contributed by atoms with Gasteiger partial charge in [0.25, 0.3) is 0 Å². The quantitative estimate of drug-likeness (QED) is 0.787. The molecular weight excluding hydrogens is 228 g/mol. The molecule has 1 aliphatic carbocycles. The van der Waals surface area contributed by atoms with Crippen LogP contribution in [0.5, 0.6) is 0 Å². The molecule has 2 unspecified atom stereocenters. The first-order valence-electron chi connectivity index (χ1n) is 7.40. The Bertz CT molecular complexity index is 277. The van der Waals surface area contributed by atoms with Gasteiger partial charge < -0.3 is 9.64 Å². The van der Waals surface area contributed by atoms with E-state index < -0.39 is 0 Å². The lowest BCUT2D eigenvalue weighted by atomic mass is 10.2. The van der Waals surface area contributed by atoms with Gasteiger partial charge in [0, 0.05) is 6.54 Å². The maximum absolute atomic E-state index is 12.1. The van der Waals surface area contributed by atoms with E-state index >= 15 is 0 Å². The summed E-state index contributed by atoms with van der Waals surface area (Å²) in [5, 5.41) is 3.35. The standard InChI is InChI=1S/C14H26N2O2/c1-3-6-13-14(17)16(11(2)15-13)9-10-18-12-7-4-5-8-12/h11-13,15H,3-10H2,1-2H3. The summed E-state index contributed by atoms with van der Waals surface area (Å²) in [4.78, 5) is 14.1. The zero-order chi connectivity index (χ0) is 13.0. The molecule has 1 saturated carbocycles. The Balaban J connectivity index is 1.72. The summed E-state index contributed by atoms with van der Waals surface area (Å²) in [7, 11) is 0. The van der Waals surface area contributed by atoms with Crippen LogP contribution in [0, 0.1) is 0 Å². The van der Waals surface area contributed by atoms with Gasteiger partial charge in [-0.1, -0.05) is 26.2 Å². The van der Waals surface area contributed by atoms with Crippen LogP contribution in [0.2, 0.25) is 0 Å². The summed E-state index contributed by atoms with van der Waals surface area (Å²) in [5.74, 6) is 0.249. The summed E-state index contributed by atoms with van der Waals surface area (Å²) in [5.41, 5.74) is 0. The summed E-state index contributed by atoms with van der Waals surface area (Å²) in [6.45, 7) is 5.58. The summed E-state index contributed by atoms with van der Waals surface area (Å²) in [6, 6.07) is 0.0245. The van der Waals surface area contributed by atoms with Gasteiger partial charge in [0.15, 0.2) is 0 Å². The van der Waals surface area contributed by atoms with E-state index in [2.05, 4.69) is 19.2 Å². The van der Waals surface area contributed by atoms with Crippen LogP contribution in [0.15, 0.2) is 0 Å². The topological polar surface area (TPSA) is 41.6 Å². The first-order valence-corrected chi connectivity index (χ1v) is 7.40. The first-order chi connectivity index (χ1) is 8.72. The zero-order valence-corrected chi connectivity index (χ0v) is 11.7. The number of rotatable bonds is 6. The van der Waals surface area contributed by atoms with E-state index in [-0.39, 0.29) is 18.1 Å². The molecule has 0 bridgehead atoms. The van der Waals surface area contributed by atoms with Crippen LogP contribution in [0.4, 0.5) is 0 Å². The smallest absolute Gasteiger partial charge is 0.241 e. The molecule has 1 N–H and O–H groups in total. The van der Waals surface area contributed by atoms with Crippen LogP contribution in [-0.2, 0) is 9.53 Å². The maximum Gasteiger partial charge on any atom is 0.241 e. The molecule has 0 radical (unpaired) electrons. The van der Waals surface area contributed by atoms with E-state index in [1.54, 1.807) is 0 Å². The molecule has 1 aliphatic heterocycles. The number of ether oxygens (including phenoxy) is 1. The molecule has 18 heavy (non-hydrogen) atoms. The van der Waals surface area contributed by atoms with E-state index in [1.807, 2.05) is 4.90 Å². The highest BCUT2D eigenvalue weighted by Crippen LogP contribution is 2.21. The van der Waals surface area contributed by atoms with Gasteiger partial charge >= 0.3 is 0 Å². The summed E-state index contributed by atoms with van der Waals surface area (Å²) >= 11 is 0. The minimum Gasteiger partial charge on any atom is -0.376 e. The Morgan fingerprint density at radius 1 is 1.39 bits per heavy atom. The van der Waals surface area contributed by atoms with Gasteiger partial charge in [-0.15, -0.1) is 0 Å². The number of amides is 1. The van der Waals surface area contributed by atoms with Crippen molar-refractivity contribution in [3.05, 3.63) is 0 Å². The van der Waals surface area contributed by atoms with E-state index in [4.69, 9.17) is 4.74 Å². The van der Waals surface area contributed by atoms with Crippen molar-refractivity contribution in [3.8, 4) is 0 Å². The largest absolute Gasteiger partial charge is 0.376 e. The lowest BCUT2D eigenvalue weighted by Gasteiger charge is -2.21. The van der Waals surface area contributed by atoms with Crippen LogP contribution in [0.25, 0.3) is 0 Å². The molecule has 1 heterocycles. The molecule has 0 aromatic rings. The fourth-order valence-corrected chi connectivity index (χ4v) is 3.02. The van der Waals surface area contributed by atoms with Crippen molar-refractivity contribution in [2.75, 3.05) is 13.2 Å². The van der Waals surface area contributed by atoms with E-state index in [9.17, 15) is 4.79 Å². The number of carbonyl (C=O) groups excluding carboxylic acids is 1. The molecule has 0 aromatic carbocycles. The zero-order valence-electron chi connectivity index (χ0n) is 11.7. The lowest BCUT2D eigenvalue weighted by Crippen LogP contribution is -2.37. The second-order valence-corrected chi connectivity index (χ2v) is 5.49. The van der Waals surface area contributed by atoms with Gasteiger partial charge in [0.1, 0.15) is 0 Å². The van der Waals surface area contributed by atoms with Crippen molar-refractivity contribution in [3.63, 3.8) is 0 Å². The average molecular weight is 254 g/mol. The van der Waals surface area contributed by atoms with Crippen molar-refractivity contribution in [2.45, 2.75) is 70.7 Å². The number of hydrogen-bond acceptors (Lipinski definition) is 3. The molecule has 0 spiro atoms. The Morgan fingerprint density at radius 3 is 2.78 bits per heavy atom. The molecule has 4 heteroatoms. The Kier molecular flexibility index (Phi) is 5.01. The molecule has 1 amide bonds. The number of carbonyl (C=O) groups is 1. The minimum atomic E-state index is 0.0245. The normalized spacial score (nSPS) is 29.4. The third-order valence-corrected chi connectivity index (χ3v) is 4.06. The van der Waals surface area contributed by atoms with Crippen LogP contribution in [-0.4, -0.2) is 42.3 Å². The van der Waals surface area contributed by atoms with Crippen molar-refractivity contribution in [2.24, 2.45) is 0 Å². The Labute approximate surface area is 110 Å². The van der Waals surface area contributed by atoms with Crippen molar-refractivity contribution in [1.82, 2.24) is 10.2 Å². The Morgan fingerprint density at radius 2 is 2.11 bits per heavy atom. The van der Waals surface area contributed by atoms with Gasteiger partial charge in [-0.2, -0.15) is 0 Å². The molecule has 104 valence electrons. The highest BCUT2D eigenvalue weighted by atomic mass is 16.5. The fourth-order valence-electron chi connectivity index (χ4n) is 3.02. The molecule has 1 saturated heterocycles. The highest BCUT2D eigenvalue weighted by molar-refractivity contribution is 5.84. The third-order valence-electron chi connectivity index (χ3n) is 4.06. The van der Waals surface area contributed by atoms with Gasteiger partial charge in [-0.25, -0.2) is 0 Å². The van der Waals surface area contributed by atoms with Crippen LogP contribution in [0.1, 0.15) is 52.4 Å². The van der Waals surface area contributed by atoms with Crippen LogP contribution >= 0.6 is 0 Å². The van der Waals surface area contributed by atoms with Gasteiger partial charge in [0.05, 0.1) is 24.9 Å². The number of nitrogens with one attached hydrogen (secondary N) is 1. The number of nitrogens with zero attached hydrogens (tertiary/aromatic N) is 1. The van der Waals surface area contributed by atoms with E-state index in [0.717, 1.165) is 19.4 Å². The van der Waals surface area contributed by atoms with Gasteiger partial charge in [-0.3, -0.25) is 10.1 Å². The van der Waals surface area contributed by atoms with Crippen molar-refractivity contribution in [1.29, 1.82) is 0 Å². The molecule has 0 aromatic heterocycles. The predicted octanol–water partition coefficient (Wildman–Crippen LogP) is 1.89. The molecule has 2 fully saturated rings. The summed E-state index contributed by atoms with van der Waals surface area (Å²) < 4.78 is 5.84. The Hall–Kier alpha value is -0.610.